The first-order valence-electron chi connectivity index (χ1n) is 7.94. The van der Waals surface area contributed by atoms with E-state index in [1.807, 2.05) is 18.2 Å². The topological polar surface area (TPSA) is 63.4 Å². The zero-order valence-corrected chi connectivity index (χ0v) is 15.2. The smallest absolute Gasteiger partial charge is 0.263 e. The molecule has 0 atom stereocenters. The molecule has 3 aromatic rings. The summed E-state index contributed by atoms with van der Waals surface area (Å²) in [6.45, 7) is 10.6. The van der Waals surface area contributed by atoms with Crippen molar-refractivity contribution in [3.05, 3.63) is 83.3 Å². The second-order valence-electron chi connectivity index (χ2n) is 5.91. The Hall–Kier alpha value is -3.17. The molecule has 130 valence electrons. The molecule has 3 rings (SSSR count). The van der Waals surface area contributed by atoms with E-state index < -0.39 is 10.0 Å². The van der Waals surface area contributed by atoms with Gasteiger partial charge >= 0.3 is 0 Å². The maximum Gasteiger partial charge on any atom is 0.263 e. The second kappa shape index (κ2) is 6.98. The predicted molar refractivity (Wildman–Crippen MR) is 103 cm³/mol. The second-order valence-corrected chi connectivity index (χ2v) is 7.56. The van der Waals surface area contributed by atoms with Crippen molar-refractivity contribution in [1.82, 2.24) is 4.98 Å². The van der Waals surface area contributed by atoms with Gasteiger partial charge in [-0.15, -0.1) is 0 Å². The molecule has 0 aliphatic rings. The summed E-state index contributed by atoms with van der Waals surface area (Å²) in [6, 6.07) is 17.5. The molecular weight excluding hydrogens is 346 g/mol. The number of anilines is 1. The molecule has 2 aromatic carbocycles. The molecule has 0 saturated heterocycles. The molecule has 1 aromatic heterocycles. The number of sulfonamides is 1. The number of aryl methyl sites for hydroxylation is 2. The van der Waals surface area contributed by atoms with Gasteiger partial charge in [0.25, 0.3) is 10.0 Å². The number of hydrogen-bond donors (Lipinski definition) is 1. The Morgan fingerprint density at radius 3 is 2.27 bits per heavy atom. The van der Waals surface area contributed by atoms with Crippen LogP contribution in [0, 0.1) is 20.4 Å². The average molecular weight is 363 g/mol. The van der Waals surface area contributed by atoms with Gasteiger partial charge in [-0.1, -0.05) is 42.5 Å². The number of aromatic nitrogens is 1. The molecule has 0 aliphatic heterocycles. The van der Waals surface area contributed by atoms with E-state index in [0.717, 1.165) is 16.8 Å². The van der Waals surface area contributed by atoms with Crippen LogP contribution in [0.2, 0.25) is 0 Å². The van der Waals surface area contributed by atoms with Gasteiger partial charge in [0.15, 0.2) is 5.69 Å². The van der Waals surface area contributed by atoms with Crippen LogP contribution in [0.5, 0.6) is 0 Å². The maximum atomic E-state index is 12.7. The third-order valence-corrected chi connectivity index (χ3v) is 5.44. The van der Waals surface area contributed by atoms with Crippen molar-refractivity contribution in [1.29, 1.82) is 0 Å². The van der Waals surface area contributed by atoms with Gasteiger partial charge in [-0.2, -0.15) is 0 Å². The maximum absolute atomic E-state index is 12.7. The molecule has 1 N–H and O–H groups in total. The lowest BCUT2D eigenvalue weighted by Gasteiger charge is -2.12. The van der Waals surface area contributed by atoms with Gasteiger partial charge in [0.05, 0.1) is 11.5 Å². The first kappa shape index (κ1) is 17.6. The quantitative estimate of drug-likeness (QED) is 0.682. The minimum Gasteiger partial charge on any atom is -0.263 e. The van der Waals surface area contributed by atoms with Gasteiger partial charge in [0.1, 0.15) is 5.82 Å². The summed E-state index contributed by atoms with van der Waals surface area (Å²) in [4.78, 5) is 7.76. The highest BCUT2D eigenvalue weighted by atomic mass is 32.2. The summed E-state index contributed by atoms with van der Waals surface area (Å²) >= 11 is 0. The fourth-order valence-electron chi connectivity index (χ4n) is 2.65. The molecule has 0 bridgehead atoms. The summed E-state index contributed by atoms with van der Waals surface area (Å²) in [7, 11) is -3.72. The lowest BCUT2D eigenvalue weighted by molar-refractivity contribution is 0.600. The van der Waals surface area contributed by atoms with Crippen LogP contribution in [0.4, 0.5) is 11.5 Å². The summed E-state index contributed by atoms with van der Waals surface area (Å²) in [6.07, 6.45) is 0. The molecule has 0 aliphatic carbocycles. The predicted octanol–water partition coefficient (Wildman–Crippen LogP) is 4.72. The van der Waals surface area contributed by atoms with Gasteiger partial charge in [0.2, 0.25) is 0 Å². The SMILES string of the molecule is [C-]#[N+]c1ccc(-c2ccc(S(=O)(=O)Nc3cccc(C)n3)c(C)c2)cc1. The van der Waals surface area contributed by atoms with Gasteiger partial charge in [-0.3, -0.25) is 4.72 Å². The van der Waals surface area contributed by atoms with E-state index in [4.69, 9.17) is 6.57 Å². The van der Waals surface area contributed by atoms with Gasteiger partial charge in [-0.25, -0.2) is 18.2 Å². The van der Waals surface area contributed by atoms with Crippen LogP contribution in [-0.4, -0.2) is 13.4 Å². The number of nitrogens with one attached hydrogen (secondary N) is 1. The Bertz CT molecular complexity index is 1100. The summed E-state index contributed by atoms with van der Waals surface area (Å²) in [5.74, 6) is 0.295. The van der Waals surface area contributed by atoms with E-state index in [0.29, 0.717) is 17.1 Å². The minimum atomic E-state index is -3.72. The molecule has 0 unspecified atom stereocenters. The largest absolute Gasteiger partial charge is 0.263 e. The van der Waals surface area contributed by atoms with Crippen molar-refractivity contribution < 1.29 is 8.42 Å². The highest BCUT2D eigenvalue weighted by Gasteiger charge is 2.18. The third-order valence-electron chi connectivity index (χ3n) is 3.92. The van der Waals surface area contributed by atoms with Crippen LogP contribution in [0.3, 0.4) is 0 Å². The Balaban J connectivity index is 1.92. The monoisotopic (exact) mass is 363 g/mol. The molecule has 1 heterocycles. The van der Waals surface area contributed by atoms with E-state index in [1.54, 1.807) is 56.3 Å². The van der Waals surface area contributed by atoms with Gasteiger partial charge < -0.3 is 0 Å². The van der Waals surface area contributed by atoms with E-state index >= 15 is 0 Å². The molecule has 0 radical (unpaired) electrons. The minimum absolute atomic E-state index is 0.210. The Morgan fingerprint density at radius 1 is 0.962 bits per heavy atom. The van der Waals surface area contributed by atoms with E-state index in [-0.39, 0.29) is 4.90 Å². The molecular formula is C20H17N3O2S. The van der Waals surface area contributed by atoms with Crippen LogP contribution < -0.4 is 4.72 Å². The van der Waals surface area contributed by atoms with Crippen LogP contribution in [-0.2, 0) is 10.0 Å². The van der Waals surface area contributed by atoms with Crippen molar-refractivity contribution in [2.75, 3.05) is 4.72 Å². The first-order valence-corrected chi connectivity index (χ1v) is 9.42. The van der Waals surface area contributed by atoms with Gasteiger partial charge in [0, 0.05) is 5.69 Å². The number of hydrogen-bond acceptors (Lipinski definition) is 3. The van der Waals surface area contributed by atoms with Crippen molar-refractivity contribution >= 4 is 21.5 Å². The Kier molecular flexibility index (Phi) is 4.74. The molecule has 5 nitrogen and oxygen atoms in total. The fraction of sp³-hybridized carbons (Fsp3) is 0.100. The normalized spacial score (nSPS) is 11.0. The third kappa shape index (κ3) is 3.73. The lowest BCUT2D eigenvalue weighted by Crippen LogP contribution is -2.15. The zero-order chi connectivity index (χ0) is 18.7. The van der Waals surface area contributed by atoms with Crippen molar-refractivity contribution in [2.24, 2.45) is 0 Å². The fourth-order valence-corrected chi connectivity index (χ4v) is 3.88. The van der Waals surface area contributed by atoms with Crippen molar-refractivity contribution in [3.8, 4) is 11.1 Å². The summed E-state index contributed by atoms with van der Waals surface area (Å²) in [5.41, 5.74) is 3.76. The molecule has 26 heavy (non-hydrogen) atoms. The molecule has 0 fully saturated rings. The standard InChI is InChI=1S/C20H17N3O2S/c1-14-13-17(16-7-10-18(21-3)11-8-16)9-12-19(14)26(24,25)23-20-6-4-5-15(2)22-20/h4-13H,1-2H3,(H,22,23). The average Bonchev–Trinajstić information content (AvgIpc) is 2.61. The van der Waals surface area contributed by atoms with Crippen LogP contribution >= 0.6 is 0 Å². The number of pyridine rings is 1. The van der Waals surface area contributed by atoms with Crippen LogP contribution in [0.1, 0.15) is 11.3 Å². The number of nitrogens with zero attached hydrogens (tertiary/aromatic N) is 2. The molecule has 6 heteroatoms. The zero-order valence-electron chi connectivity index (χ0n) is 14.4. The Morgan fingerprint density at radius 2 is 1.65 bits per heavy atom. The van der Waals surface area contributed by atoms with E-state index in [9.17, 15) is 8.42 Å². The van der Waals surface area contributed by atoms with E-state index in [2.05, 4.69) is 14.6 Å². The number of rotatable bonds is 4. The van der Waals surface area contributed by atoms with Crippen LogP contribution in [0.25, 0.3) is 16.0 Å². The molecule has 0 saturated carbocycles. The molecule has 0 amide bonds. The molecule has 0 spiro atoms. The summed E-state index contributed by atoms with van der Waals surface area (Å²) < 4.78 is 27.9. The van der Waals surface area contributed by atoms with Gasteiger partial charge in [-0.05, 0) is 48.7 Å². The van der Waals surface area contributed by atoms with Crippen molar-refractivity contribution in [3.63, 3.8) is 0 Å². The lowest BCUT2D eigenvalue weighted by atomic mass is 10.0. The highest BCUT2D eigenvalue weighted by molar-refractivity contribution is 7.92. The first-order chi connectivity index (χ1) is 12.4. The van der Waals surface area contributed by atoms with Crippen molar-refractivity contribution in [2.45, 2.75) is 18.7 Å². The van der Waals surface area contributed by atoms with E-state index in [1.165, 1.54) is 0 Å². The highest BCUT2D eigenvalue weighted by Crippen LogP contribution is 2.27. The summed E-state index contributed by atoms with van der Waals surface area (Å²) in [5, 5.41) is 0. The Labute approximate surface area is 153 Å². The van der Waals surface area contributed by atoms with Crippen LogP contribution in [0.15, 0.2) is 65.6 Å². The number of benzene rings is 2.